The number of amides is 1. The van der Waals surface area contributed by atoms with Gasteiger partial charge in [0.25, 0.3) is 5.91 Å². The zero-order valence-electron chi connectivity index (χ0n) is 13.5. The van der Waals surface area contributed by atoms with Gasteiger partial charge in [0.2, 0.25) is 0 Å². The summed E-state index contributed by atoms with van der Waals surface area (Å²) in [4.78, 5) is 21.1. The molecule has 0 aliphatic rings. The van der Waals surface area contributed by atoms with E-state index in [0.717, 1.165) is 17.8 Å². The molecule has 0 aliphatic heterocycles. The van der Waals surface area contributed by atoms with Crippen LogP contribution in [-0.2, 0) is 6.54 Å². The topological polar surface area (TPSA) is 36.4 Å². The van der Waals surface area contributed by atoms with Crippen LogP contribution in [0.3, 0.4) is 0 Å². The summed E-state index contributed by atoms with van der Waals surface area (Å²) in [7, 11) is 4.02. The summed E-state index contributed by atoms with van der Waals surface area (Å²) >= 11 is 0. The summed E-state index contributed by atoms with van der Waals surface area (Å²) < 4.78 is 0. The summed E-state index contributed by atoms with van der Waals surface area (Å²) in [5, 5.41) is 0. The lowest BCUT2D eigenvalue weighted by molar-refractivity contribution is 0.0726. The lowest BCUT2D eigenvalue weighted by Crippen LogP contribution is -2.36. The fourth-order valence-corrected chi connectivity index (χ4v) is 2.20. The van der Waals surface area contributed by atoms with Crippen molar-refractivity contribution < 1.29 is 4.79 Å². The number of likely N-dealkylation sites (N-methyl/N-ethyl adjacent to an activating group) is 1. The van der Waals surface area contributed by atoms with Gasteiger partial charge >= 0.3 is 0 Å². The standard InChI is InChI=1S/C18H23N3O/c1-15-8-7-11-17(19-15)18(22)21(13-12-20(2)3)14-16-9-5-4-6-10-16/h4-11H,12-14H2,1-3H3. The van der Waals surface area contributed by atoms with Gasteiger partial charge in [-0.15, -0.1) is 0 Å². The molecule has 0 spiro atoms. The maximum absolute atomic E-state index is 12.8. The predicted octanol–water partition coefficient (Wildman–Crippen LogP) is 2.59. The Kier molecular flexibility index (Phi) is 5.67. The van der Waals surface area contributed by atoms with Crippen LogP contribution in [0, 0.1) is 6.92 Å². The summed E-state index contributed by atoms with van der Waals surface area (Å²) in [5.74, 6) is -0.0191. The lowest BCUT2D eigenvalue weighted by atomic mass is 10.2. The molecule has 0 radical (unpaired) electrons. The Morgan fingerprint density at radius 1 is 1.00 bits per heavy atom. The fourth-order valence-electron chi connectivity index (χ4n) is 2.20. The maximum atomic E-state index is 12.8. The van der Waals surface area contributed by atoms with Crippen molar-refractivity contribution in [2.24, 2.45) is 0 Å². The molecular formula is C18H23N3O. The Labute approximate surface area is 132 Å². The minimum absolute atomic E-state index is 0.0191. The van der Waals surface area contributed by atoms with E-state index < -0.39 is 0 Å². The molecule has 0 unspecified atom stereocenters. The summed E-state index contributed by atoms with van der Waals surface area (Å²) in [6, 6.07) is 15.6. The van der Waals surface area contributed by atoms with Crippen LogP contribution < -0.4 is 0 Å². The molecule has 0 aliphatic carbocycles. The molecule has 1 aromatic heterocycles. The van der Waals surface area contributed by atoms with E-state index >= 15 is 0 Å². The van der Waals surface area contributed by atoms with Crippen molar-refractivity contribution >= 4 is 5.91 Å². The Balaban J connectivity index is 2.17. The van der Waals surface area contributed by atoms with Crippen molar-refractivity contribution in [2.45, 2.75) is 13.5 Å². The number of pyridine rings is 1. The van der Waals surface area contributed by atoms with E-state index in [0.29, 0.717) is 18.8 Å². The number of nitrogens with zero attached hydrogens (tertiary/aromatic N) is 3. The molecule has 0 saturated heterocycles. The fraction of sp³-hybridized carbons (Fsp3) is 0.333. The van der Waals surface area contributed by atoms with E-state index in [9.17, 15) is 4.79 Å². The van der Waals surface area contributed by atoms with E-state index in [1.807, 2.05) is 68.4 Å². The van der Waals surface area contributed by atoms with Gasteiger partial charge in [0.05, 0.1) is 0 Å². The van der Waals surface area contributed by atoms with Crippen LogP contribution in [0.4, 0.5) is 0 Å². The van der Waals surface area contributed by atoms with Crippen LogP contribution in [-0.4, -0.2) is 47.9 Å². The molecule has 0 N–H and O–H groups in total. The molecule has 4 nitrogen and oxygen atoms in total. The number of aryl methyl sites for hydroxylation is 1. The minimum Gasteiger partial charge on any atom is -0.332 e. The molecule has 2 aromatic rings. The first-order valence-electron chi connectivity index (χ1n) is 7.48. The van der Waals surface area contributed by atoms with Crippen LogP contribution >= 0.6 is 0 Å². The molecule has 0 saturated carbocycles. The molecule has 2 rings (SSSR count). The van der Waals surface area contributed by atoms with E-state index in [4.69, 9.17) is 0 Å². The summed E-state index contributed by atoms with van der Waals surface area (Å²) in [5.41, 5.74) is 2.50. The van der Waals surface area contributed by atoms with Gasteiger partial charge in [0, 0.05) is 25.3 Å². The highest BCUT2D eigenvalue weighted by molar-refractivity contribution is 5.92. The van der Waals surface area contributed by atoms with Gasteiger partial charge < -0.3 is 9.80 Å². The number of aromatic nitrogens is 1. The van der Waals surface area contributed by atoms with Crippen LogP contribution in [0.15, 0.2) is 48.5 Å². The van der Waals surface area contributed by atoms with Crippen molar-refractivity contribution in [1.29, 1.82) is 0 Å². The molecule has 1 aromatic carbocycles. The van der Waals surface area contributed by atoms with Gasteiger partial charge in [-0.2, -0.15) is 0 Å². The van der Waals surface area contributed by atoms with Crippen molar-refractivity contribution in [3.8, 4) is 0 Å². The SMILES string of the molecule is Cc1cccc(C(=O)N(CCN(C)C)Cc2ccccc2)n1. The Morgan fingerprint density at radius 2 is 1.73 bits per heavy atom. The molecule has 0 fully saturated rings. The third-order valence-corrected chi connectivity index (χ3v) is 3.43. The quantitative estimate of drug-likeness (QED) is 0.822. The van der Waals surface area contributed by atoms with Crippen molar-refractivity contribution in [3.05, 3.63) is 65.5 Å². The summed E-state index contributed by atoms with van der Waals surface area (Å²) in [6.07, 6.45) is 0. The van der Waals surface area contributed by atoms with Gasteiger partial charge in [-0.25, -0.2) is 4.98 Å². The highest BCUT2D eigenvalue weighted by atomic mass is 16.2. The molecule has 4 heteroatoms. The van der Waals surface area contributed by atoms with Gasteiger partial charge in [0.15, 0.2) is 0 Å². The first kappa shape index (κ1) is 16.2. The van der Waals surface area contributed by atoms with Gasteiger partial charge in [-0.3, -0.25) is 4.79 Å². The van der Waals surface area contributed by atoms with Crippen LogP contribution in [0.2, 0.25) is 0 Å². The zero-order valence-corrected chi connectivity index (χ0v) is 13.5. The van der Waals surface area contributed by atoms with E-state index in [2.05, 4.69) is 9.88 Å². The first-order valence-corrected chi connectivity index (χ1v) is 7.48. The Hall–Kier alpha value is -2.20. The molecule has 22 heavy (non-hydrogen) atoms. The molecule has 1 heterocycles. The van der Waals surface area contributed by atoms with Gasteiger partial charge in [-0.1, -0.05) is 36.4 Å². The van der Waals surface area contributed by atoms with Crippen LogP contribution in [0.1, 0.15) is 21.7 Å². The molecular weight excluding hydrogens is 274 g/mol. The monoisotopic (exact) mass is 297 g/mol. The average molecular weight is 297 g/mol. The van der Waals surface area contributed by atoms with E-state index in [1.165, 1.54) is 0 Å². The molecule has 0 bridgehead atoms. The highest BCUT2D eigenvalue weighted by Crippen LogP contribution is 2.09. The number of hydrogen-bond acceptors (Lipinski definition) is 3. The Bertz CT molecular complexity index is 611. The number of carbonyl (C=O) groups excluding carboxylic acids is 1. The number of benzene rings is 1. The first-order chi connectivity index (χ1) is 10.6. The van der Waals surface area contributed by atoms with Crippen molar-refractivity contribution in [2.75, 3.05) is 27.2 Å². The predicted molar refractivity (Wildman–Crippen MR) is 88.7 cm³/mol. The normalized spacial score (nSPS) is 10.7. The smallest absolute Gasteiger partial charge is 0.272 e. The third-order valence-electron chi connectivity index (χ3n) is 3.43. The zero-order chi connectivity index (χ0) is 15.9. The third kappa shape index (κ3) is 4.67. The second kappa shape index (κ2) is 7.71. The van der Waals surface area contributed by atoms with Gasteiger partial charge in [0.1, 0.15) is 5.69 Å². The van der Waals surface area contributed by atoms with Crippen LogP contribution in [0.25, 0.3) is 0 Å². The second-order valence-electron chi connectivity index (χ2n) is 5.68. The number of carbonyl (C=O) groups is 1. The van der Waals surface area contributed by atoms with Crippen LogP contribution in [0.5, 0.6) is 0 Å². The number of rotatable bonds is 6. The molecule has 0 atom stereocenters. The average Bonchev–Trinajstić information content (AvgIpc) is 2.51. The van der Waals surface area contributed by atoms with E-state index in [-0.39, 0.29) is 5.91 Å². The molecule has 116 valence electrons. The van der Waals surface area contributed by atoms with Crippen molar-refractivity contribution in [3.63, 3.8) is 0 Å². The minimum atomic E-state index is -0.0191. The summed E-state index contributed by atoms with van der Waals surface area (Å²) in [6.45, 7) is 4.00. The highest BCUT2D eigenvalue weighted by Gasteiger charge is 2.17. The van der Waals surface area contributed by atoms with E-state index in [1.54, 1.807) is 6.07 Å². The van der Waals surface area contributed by atoms with Crippen molar-refractivity contribution in [1.82, 2.24) is 14.8 Å². The Morgan fingerprint density at radius 3 is 2.36 bits per heavy atom. The second-order valence-corrected chi connectivity index (χ2v) is 5.68. The number of hydrogen-bond donors (Lipinski definition) is 0. The largest absolute Gasteiger partial charge is 0.332 e. The lowest BCUT2D eigenvalue weighted by Gasteiger charge is -2.24. The molecule has 1 amide bonds. The van der Waals surface area contributed by atoms with Gasteiger partial charge in [-0.05, 0) is 38.7 Å². The maximum Gasteiger partial charge on any atom is 0.272 e.